The van der Waals surface area contributed by atoms with Crippen molar-refractivity contribution in [2.24, 2.45) is 0 Å². The molecule has 10 rings (SSSR count). The molecule has 95 heavy (non-hydrogen) atoms. The van der Waals surface area contributed by atoms with E-state index in [0.29, 0.717) is 33.4 Å². The van der Waals surface area contributed by atoms with Crippen molar-refractivity contribution in [2.45, 2.75) is 38.5 Å². The van der Waals surface area contributed by atoms with Crippen molar-refractivity contribution in [3.8, 4) is 56.8 Å². The van der Waals surface area contributed by atoms with E-state index >= 15 is 0 Å². The van der Waals surface area contributed by atoms with E-state index in [1.165, 1.54) is 95.1 Å². The third-order valence-corrected chi connectivity index (χ3v) is 11.1. The van der Waals surface area contributed by atoms with Crippen LogP contribution in [0, 0.1) is 79.9 Å². The Balaban J connectivity index is -0.00000101. The molecule has 4 heterocycles. The van der Waals surface area contributed by atoms with Crippen molar-refractivity contribution >= 4 is 35.8 Å². The number of phenolic OH excluding ortho intramolecular Hbond substituents is 6. The minimum Gasteiger partial charge on any atom is -0.550 e. The quantitative estimate of drug-likeness (QED) is 0.0763. The van der Waals surface area contributed by atoms with E-state index in [9.17, 15) is 59.4 Å². The summed E-state index contributed by atoms with van der Waals surface area (Å²) in [6.45, 7) is 0. The number of hydrogen-bond donors (Lipinski definition) is 6. The molecule has 0 saturated carbocycles. The number of aromatic hydroxyl groups is 6. The zero-order valence-electron chi connectivity index (χ0n) is 50.1. The van der Waals surface area contributed by atoms with Crippen LogP contribution in [-0.2, 0) is 78.2 Å². The van der Waals surface area contributed by atoms with Gasteiger partial charge in [-0.25, -0.2) is 0 Å². The normalized spacial score (nSPS) is 9.01. The molecule has 6 aromatic carbocycles. The van der Waals surface area contributed by atoms with Crippen molar-refractivity contribution in [1.29, 1.82) is 0 Å². The minimum absolute atomic E-state index is 0. The Hall–Kier alpha value is -9.93. The molecule has 2 radical (unpaired) electrons. The Morgan fingerprint density at radius 1 is 0.232 bits per heavy atom. The number of phenols is 6. The largest absolute Gasteiger partial charge is 3.00 e. The summed E-state index contributed by atoms with van der Waals surface area (Å²) in [6, 6.07) is 51.7. The second-order valence-corrected chi connectivity index (χ2v) is 18.2. The summed E-state index contributed by atoms with van der Waals surface area (Å²) in [7, 11) is 0. The van der Waals surface area contributed by atoms with Gasteiger partial charge in [-0.1, -0.05) is 72.8 Å². The Morgan fingerprint density at radius 3 is 0.432 bits per heavy atom. The molecule has 4 aromatic heterocycles. The van der Waals surface area contributed by atoms with Crippen LogP contribution in [0.5, 0.6) is 34.5 Å². The Bertz CT molecular complexity index is 3110. The van der Waals surface area contributed by atoms with Crippen LogP contribution in [-0.4, -0.2) is 91.9 Å². The van der Waals surface area contributed by atoms with E-state index in [0.717, 1.165) is 0 Å². The molecule has 0 aliphatic heterocycles. The molecule has 0 bridgehead atoms. The number of hydrogen-bond acceptors (Lipinski definition) is 22. The fourth-order valence-corrected chi connectivity index (χ4v) is 6.86. The number of carboxylic acid groups (broad SMARTS) is 6. The van der Waals surface area contributed by atoms with Crippen molar-refractivity contribution < 1.29 is 186 Å². The van der Waals surface area contributed by atoms with Gasteiger partial charge in [0.1, 0.15) is 34.5 Å². The summed E-state index contributed by atoms with van der Waals surface area (Å²) in [4.78, 5) is 76.3. The standard InChI is InChI=1S/2C10H8N2.6C8H8O3.2Gd.3H2O/c2*1-5-11-6-2-9(1)10-3-7-12-8-4-10;6*9-7-3-1-6(2-4-7)5-8(10)11;;;;;/h2*1-8H;6*1-4,9H,5H2,(H,10,11);;;3*1H2/q;;;;;;;;2*+3;;;/p-4. The van der Waals surface area contributed by atoms with E-state index < -0.39 is 35.8 Å². The summed E-state index contributed by atoms with van der Waals surface area (Å²) in [5, 5.41) is 113. The van der Waals surface area contributed by atoms with Crippen LogP contribution in [0.4, 0.5) is 0 Å². The molecule has 0 aliphatic carbocycles. The van der Waals surface area contributed by atoms with E-state index in [-0.39, 0.29) is 169 Å². The first-order chi connectivity index (χ1) is 43.0. The predicted molar refractivity (Wildman–Crippen MR) is 329 cm³/mol. The van der Waals surface area contributed by atoms with Crippen molar-refractivity contribution in [3.63, 3.8) is 0 Å². The Morgan fingerprint density at radius 2 is 0.337 bits per heavy atom. The van der Waals surface area contributed by atoms with Gasteiger partial charge in [0.2, 0.25) is 0 Å². The molecule has 0 atom stereocenters. The number of aromatic nitrogens is 4. The predicted octanol–water partition coefficient (Wildman–Crippen LogP) is -0.274. The van der Waals surface area contributed by atoms with Crippen molar-refractivity contribution in [3.05, 3.63) is 277 Å². The first-order valence-electron chi connectivity index (χ1n) is 26.5. The maximum atomic E-state index is 10.1. The molecule has 0 saturated heterocycles. The average Bonchev–Trinajstić information content (AvgIpc) is 3.10. The number of carbonyl (C=O) groups is 6. The first-order valence-corrected chi connectivity index (χ1v) is 26.5. The number of carboxylic acids is 6. The maximum absolute atomic E-state index is 10.1. The number of nitrogens with zero attached hydrogens (tertiary/aromatic N) is 4. The molecule has 0 amide bonds. The van der Waals surface area contributed by atoms with Gasteiger partial charge in [-0.3, -0.25) is 19.9 Å². The molecule has 10 aromatic rings. The fraction of sp³-hybridized carbons (Fsp3) is 0.0882. The number of rotatable bonds is 14. The van der Waals surface area contributed by atoms with E-state index in [2.05, 4.69) is 19.9 Å². The van der Waals surface area contributed by atoms with Gasteiger partial charge >= 0.3 is 79.9 Å². The first kappa shape index (κ1) is 89.3. The minimum atomic E-state index is -1.12. The molecule has 0 aliphatic rings. The topological polar surface area (TPSA) is 511 Å². The molecule has 0 spiro atoms. The zero-order chi connectivity index (χ0) is 66.1. The third-order valence-electron chi connectivity index (χ3n) is 11.1. The van der Waals surface area contributed by atoms with Crippen LogP contribution in [0.2, 0.25) is 0 Å². The SMILES string of the molecule is O.O=C([O-])Cc1ccc(O)cc1.O=C([O-])Cc1ccc(O)cc1.O=C([O-])Cc1ccc(O)cc1.O=C([O-])Cc1ccc(O)cc1.O=C([O-])Cc1ccc(O)cc1.O=C([O-])Cc1ccc(O)cc1.[Gd+3].[Gd+3].[OH3+].[OH3+].c1cc(-c2ccncc2)ccn1.c1cc(-c2ccncc2)ccn1. The van der Waals surface area contributed by atoms with Crippen LogP contribution in [0.3, 0.4) is 0 Å². The average molecular weight is 1590 g/mol. The van der Waals surface area contributed by atoms with E-state index in [4.69, 9.17) is 30.6 Å². The van der Waals surface area contributed by atoms with Gasteiger partial charge in [-0.2, -0.15) is 0 Å². The summed E-state index contributed by atoms with van der Waals surface area (Å²) >= 11 is 0. The Labute approximate surface area is 609 Å². The van der Waals surface area contributed by atoms with Crippen LogP contribution >= 0.6 is 0 Å². The molecule has 25 nitrogen and oxygen atoms in total. The number of aliphatic carboxylic acids is 6. The summed E-state index contributed by atoms with van der Waals surface area (Å²) in [5.74, 6) is -5.90. The van der Waals surface area contributed by atoms with Crippen LogP contribution in [0.25, 0.3) is 22.3 Å². The van der Waals surface area contributed by atoms with Gasteiger partial charge < -0.3 is 106 Å². The maximum Gasteiger partial charge on any atom is 3.00 e. The van der Waals surface area contributed by atoms with Crippen LogP contribution in [0.1, 0.15) is 33.4 Å². The second-order valence-electron chi connectivity index (χ2n) is 18.2. The van der Waals surface area contributed by atoms with Crippen LogP contribution in [0.15, 0.2) is 244 Å². The van der Waals surface area contributed by atoms with E-state index in [1.54, 1.807) is 122 Å². The molecule has 498 valence electrons. The zero-order valence-corrected chi connectivity index (χ0v) is 54.6. The molecular formula is C68H66Gd2N4O21+2. The van der Waals surface area contributed by atoms with Gasteiger partial charge in [0.15, 0.2) is 0 Å². The van der Waals surface area contributed by atoms with Gasteiger partial charge in [-0.15, -0.1) is 0 Å². The summed E-state index contributed by atoms with van der Waals surface area (Å²) in [5.41, 5.74) is 8.46. The van der Waals surface area contributed by atoms with E-state index in [1.807, 2.05) is 48.5 Å². The number of pyridine rings is 4. The molecule has 0 unspecified atom stereocenters. The van der Waals surface area contributed by atoms with Gasteiger partial charge in [0.25, 0.3) is 0 Å². The Kier molecular flexibility index (Phi) is 48.5. The molecular weight excluding hydrogens is 1520 g/mol. The third kappa shape index (κ3) is 43.5. The van der Waals surface area contributed by atoms with Crippen molar-refractivity contribution in [1.82, 2.24) is 19.9 Å². The molecule has 0 fully saturated rings. The fourth-order valence-electron chi connectivity index (χ4n) is 6.86. The summed E-state index contributed by atoms with van der Waals surface area (Å²) < 4.78 is 0. The smallest absolute Gasteiger partial charge is 0.550 e. The molecule has 14 N–H and O–H groups in total. The number of carbonyl (C=O) groups excluding carboxylic acids is 6. The van der Waals surface area contributed by atoms with Crippen LogP contribution < -0.4 is 30.6 Å². The summed E-state index contributed by atoms with van der Waals surface area (Å²) in [6.07, 6.45) is 13.6. The second kappa shape index (κ2) is 51.6. The van der Waals surface area contributed by atoms with Crippen molar-refractivity contribution in [2.75, 3.05) is 0 Å². The monoisotopic (exact) mass is 1590 g/mol. The van der Waals surface area contributed by atoms with Gasteiger partial charge in [0.05, 0.1) is 0 Å². The molecule has 27 heteroatoms. The number of benzene rings is 6. The van der Waals surface area contributed by atoms with Gasteiger partial charge in [0, 0.05) is 124 Å². The van der Waals surface area contributed by atoms with Gasteiger partial charge in [-0.05, 0) is 177 Å².